The quantitative estimate of drug-likeness (QED) is 0.721. The van der Waals surface area contributed by atoms with Crippen LogP contribution in [0, 0.1) is 11.6 Å². The van der Waals surface area contributed by atoms with E-state index in [-0.39, 0.29) is 12.5 Å². The van der Waals surface area contributed by atoms with Gasteiger partial charge in [0, 0.05) is 5.56 Å². The SMILES string of the molecule is CCOc1cccc(CCl)c1OCc1ccc(F)c(F)c1. The van der Waals surface area contributed by atoms with Gasteiger partial charge in [0.15, 0.2) is 23.1 Å². The first kappa shape index (κ1) is 15.6. The van der Waals surface area contributed by atoms with Crippen molar-refractivity contribution in [2.24, 2.45) is 0 Å². The summed E-state index contributed by atoms with van der Waals surface area (Å²) in [6.45, 7) is 2.46. The van der Waals surface area contributed by atoms with Crippen molar-refractivity contribution in [2.45, 2.75) is 19.4 Å². The highest BCUT2D eigenvalue weighted by molar-refractivity contribution is 6.17. The van der Waals surface area contributed by atoms with Gasteiger partial charge in [0.05, 0.1) is 12.5 Å². The van der Waals surface area contributed by atoms with Crippen LogP contribution in [0.3, 0.4) is 0 Å². The molecule has 2 rings (SSSR count). The summed E-state index contributed by atoms with van der Waals surface area (Å²) >= 11 is 5.89. The molecular weight excluding hydrogens is 298 g/mol. The summed E-state index contributed by atoms with van der Waals surface area (Å²) in [7, 11) is 0. The molecule has 21 heavy (non-hydrogen) atoms. The van der Waals surface area contributed by atoms with Crippen LogP contribution < -0.4 is 9.47 Å². The molecule has 0 aliphatic heterocycles. The Labute approximate surface area is 127 Å². The highest BCUT2D eigenvalue weighted by atomic mass is 35.5. The van der Waals surface area contributed by atoms with Gasteiger partial charge in [0.25, 0.3) is 0 Å². The second-order valence-electron chi connectivity index (χ2n) is 4.35. The van der Waals surface area contributed by atoms with Gasteiger partial charge in [-0.2, -0.15) is 0 Å². The zero-order valence-corrected chi connectivity index (χ0v) is 12.3. The van der Waals surface area contributed by atoms with Crippen molar-refractivity contribution in [3.8, 4) is 11.5 Å². The lowest BCUT2D eigenvalue weighted by Gasteiger charge is -2.15. The summed E-state index contributed by atoms with van der Waals surface area (Å²) < 4.78 is 37.3. The Morgan fingerprint density at radius 3 is 2.52 bits per heavy atom. The van der Waals surface area contributed by atoms with Crippen molar-refractivity contribution in [3.63, 3.8) is 0 Å². The van der Waals surface area contributed by atoms with Gasteiger partial charge in [0.1, 0.15) is 6.61 Å². The smallest absolute Gasteiger partial charge is 0.166 e. The van der Waals surface area contributed by atoms with E-state index in [2.05, 4.69) is 0 Å². The molecule has 0 aliphatic carbocycles. The average Bonchev–Trinajstić information content (AvgIpc) is 2.49. The zero-order valence-electron chi connectivity index (χ0n) is 11.5. The molecule has 0 heterocycles. The number of ether oxygens (including phenoxy) is 2. The minimum Gasteiger partial charge on any atom is -0.490 e. The summed E-state index contributed by atoms with van der Waals surface area (Å²) in [4.78, 5) is 0. The molecule has 0 aromatic heterocycles. The lowest BCUT2D eigenvalue weighted by atomic mass is 10.2. The number of benzene rings is 2. The molecule has 0 aliphatic rings. The van der Waals surface area contributed by atoms with E-state index >= 15 is 0 Å². The molecule has 0 radical (unpaired) electrons. The highest BCUT2D eigenvalue weighted by Gasteiger charge is 2.11. The van der Waals surface area contributed by atoms with E-state index < -0.39 is 11.6 Å². The van der Waals surface area contributed by atoms with Crippen LogP contribution in [0.1, 0.15) is 18.1 Å². The Morgan fingerprint density at radius 1 is 1.05 bits per heavy atom. The maximum absolute atomic E-state index is 13.2. The summed E-state index contributed by atoms with van der Waals surface area (Å²) in [6, 6.07) is 9.09. The van der Waals surface area contributed by atoms with Gasteiger partial charge in [-0.05, 0) is 30.7 Å². The Hall–Kier alpha value is -1.81. The predicted molar refractivity (Wildman–Crippen MR) is 77.9 cm³/mol. The molecule has 0 atom stereocenters. The molecule has 0 N–H and O–H groups in total. The van der Waals surface area contributed by atoms with Crippen LogP contribution in [-0.4, -0.2) is 6.61 Å². The molecule has 0 amide bonds. The third kappa shape index (κ3) is 3.85. The van der Waals surface area contributed by atoms with E-state index in [0.29, 0.717) is 23.7 Å². The minimum atomic E-state index is -0.897. The van der Waals surface area contributed by atoms with Crippen LogP contribution in [0.5, 0.6) is 11.5 Å². The normalized spacial score (nSPS) is 10.5. The van der Waals surface area contributed by atoms with E-state index in [4.69, 9.17) is 21.1 Å². The van der Waals surface area contributed by atoms with Crippen molar-refractivity contribution in [3.05, 3.63) is 59.2 Å². The molecule has 0 fully saturated rings. The standard InChI is InChI=1S/C16H15ClF2O2/c1-2-20-15-5-3-4-12(9-17)16(15)21-10-11-6-7-13(18)14(19)8-11/h3-8H,2,9-10H2,1H3. The number of alkyl halides is 1. The third-order valence-electron chi connectivity index (χ3n) is 2.87. The van der Waals surface area contributed by atoms with Gasteiger partial charge in [-0.15, -0.1) is 11.6 Å². The van der Waals surface area contributed by atoms with Gasteiger partial charge in [-0.3, -0.25) is 0 Å². The molecule has 0 spiro atoms. The largest absolute Gasteiger partial charge is 0.490 e. The van der Waals surface area contributed by atoms with Gasteiger partial charge < -0.3 is 9.47 Å². The van der Waals surface area contributed by atoms with E-state index in [9.17, 15) is 8.78 Å². The highest BCUT2D eigenvalue weighted by Crippen LogP contribution is 2.33. The summed E-state index contributed by atoms with van der Waals surface area (Å²) in [6.07, 6.45) is 0. The number of rotatable bonds is 6. The van der Waals surface area contributed by atoms with Gasteiger partial charge in [0.2, 0.25) is 0 Å². The first-order valence-electron chi connectivity index (χ1n) is 6.53. The van der Waals surface area contributed by atoms with Crippen molar-refractivity contribution in [1.82, 2.24) is 0 Å². The number of hydrogen-bond donors (Lipinski definition) is 0. The fourth-order valence-electron chi connectivity index (χ4n) is 1.88. The molecule has 2 nitrogen and oxygen atoms in total. The maximum Gasteiger partial charge on any atom is 0.166 e. The van der Waals surface area contributed by atoms with Crippen molar-refractivity contribution in [2.75, 3.05) is 6.61 Å². The topological polar surface area (TPSA) is 18.5 Å². The first-order chi connectivity index (χ1) is 10.2. The Kier molecular flexibility index (Phi) is 5.39. The van der Waals surface area contributed by atoms with E-state index in [1.54, 1.807) is 6.07 Å². The molecule has 112 valence electrons. The molecule has 0 saturated carbocycles. The van der Waals surface area contributed by atoms with Crippen LogP contribution in [0.15, 0.2) is 36.4 Å². The van der Waals surface area contributed by atoms with Gasteiger partial charge in [-0.25, -0.2) is 8.78 Å². The van der Waals surface area contributed by atoms with Crippen LogP contribution in [-0.2, 0) is 12.5 Å². The maximum atomic E-state index is 13.2. The van der Waals surface area contributed by atoms with Crippen LogP contribution in [0.25, 0.3) is 0 Å². The summed E-state index contributed by atoms with van der Waals surface area (Å²) in [5, 5.41) is 0. The average molecular weight is 313 g/mol. The first-order valence-corrected chi connectivity index (χ1v) is 7.06. The van der Waals surface area contributed by atoms with Crippen LogP contribution >= 0.6 is 11.6 Å². The van der Waals surface area contributed by atoms with E-state index in [0.717, 1.165) is 17.7 Å². The lowest BCUT2D eigenvalue weighted by molar-refractivity contribution is 0.267. The second-order valence-corrected chi connectivity index (χ2v) is 4.62. The van der Waals surface area contributed by atoms with Crippen LogP contribution in [0.2, 0.25) is 0 Å². The number of para-hydroxylation sites is 1. The van der Waals surface area contributed by atoms with Crippen LogP contribution in [0.4, 0.5) is 8.78 Å². The Morgan fingerprint density at radius 2 is 1.86 bits per heavy atom. The zero-order chi connectivity index (χ0) is 15.2. The van der Waals surface area contributed by atoms with E-state index in [1.807, 2.05) is 19.1 Å². The fraction of sp³-hybridized carbons (Fsp3) is 0.250. The number of hydrogen-bond acceptors (Lipinski definition) is 2. The van der Waals surface area contributed by atoms with Crippen molar-refractivity contribution < 1.29 is 18.3 Å². The Balaban J connectivity index is 2.20. The van der Waals surface area contributed by atoms with Crippen molar-refractivity contribution >= 4 is 11.6 Å². The summed E-state index contributed by atoms with van der Waals surface area (Å²) in [5.41, 5.74) is 1.31. The molecule has 5 heteroatoms. The molecule has 0 saturated heterocycles. The van der Waals surface area contributed by atoms with Gasteiger partial charge >= 0.3 is 0 Å². The minimum absolute atomic E-state index is 0.102. The predicted octanol–water partition coefficient (Wildman–Crippen LogP) is 4.68. The molecule has 2 aromatic carbocycles. The molecule has 2 aromatic rings. The Bertz CT molecular complexity index is 617. The van der Waals surface area contributed by atoms with E-state index in [1.165, 1.54) is 6.07 Å². The molecule has 0 unspecified atom stereocenters. The molecule has 0 bridgehead atoms. The second kappa shape index (κ2) is 7.27. The summed E-state index contributed by atoms with van der Waals surface area (Å²) in [5.74, 6) is -0.396. The lowest BCUT2D eigenvalue weighted by Crippen LogP contribution is -2.02. The number of halogens is 3. The third-order valence-corrected chi connectivity index (χ3v) is 3.16. The van der Waals surface area contributed by atoms with Crippen molar-refractivity contribution in [1.29, 1.82) is 0 Å². The molecular formula is C16H15ClF2O2. The monoisotopic (exact) mass is 312 g/mol. The van der Waals surface area contributed by atoms with Gasteiger partial charge in [-0.1, -0.05) is 18.2 Å². The fourth-order valence-corrected chi connectivity index (χ4v) is 2.09.